The minimum atomic E-state index is -0.0657. The summed E-state index contributed by atoms with van der Waals surface area (Å²) >= 11 is 0. The molecule has 1 aromatic heterocycles. The van der Waals surface area contributed by atoms with Gasteiger partial charge in [0.05, 0.1) is 12.5 Å². The van der Waals surface area contributed by atoms with Crippen molar-refractivity contribution in [2.45, 2.75) is 51.6 Å². The fraction of sp³-hybridized carbons (Fsp3) is 0.526. The number of likely N-dealkylation sites (tertiary alicyclic amines) is 1. The second-order valence-corrected chi connectivity index (χ2v) is 6.72. The first kappa shape index (κ1) is 16.7. The van der Waals surface area contributed by atoms with Crippen molar-refractivity contribution < 1.29 is 4.79 Å². The zero-order chi connectivity index (χ0) is 16.8. The van der Waals surface area contributed by atoms with Crippen LogP contribution in [-0.4, -0.2) is 38.2 Å². The summed E-state index contributed by atoms with van der Waals surface area (Å²) in [6.07, 6.45) is 8.73. The minimum absolute atomic E-state index is 0.0657. The molecule has 2 aromatic rings. The molecule has 0 radical (unpaired) electrons. The van der Waals surface area contributed by atoms with E-state index in [1.165, 1.54) is 18.3 Å². The minimum Gasteiger partial charge on any atom is -0.339 e. The number of amides is 1. The maximum absolute atomic E-state index is 12.9. The van der Waals surface area contributed by atoms with Gasteiger partial charge in [-0.15, -0.1) is 0 Å². The first-order valence-electron chi connectivity index (χ1n) is 8.91. The van der Waals surface area contributed by atoms with Crippen LogP contribution >= 0.6 is 0 Å². The molecule has 2 atom stereocenters. The maximum atomic E-state index is 12.9. The molecule has 1 aromatic carbocycles. The number of piperidine rings is 1. The van der Waals surface area contributed by atoms with Crippen molar-refractivity contribution in [2.24, 2.45) is 5.92 Å². The standard InChI is InChI=1S/C19H26N4O/c1-16(13-22-15-20-14-21-22)19(24)23-12-6-5-9-18(23)11-10-17-7-3-2-4-8-17/h2-4,7-8,14-16,18H,5-6,9-13H2,1H3. The third-order valence-electron chi connectivity index (χ3n) is 4.87. The van der Waals surface area contributed by atoms with Crippen molar-refractivity contribution in [3.63, 3.8) is 0 Å². The van der Waals surface area contributed by atoms with Crippen LogP contribution in [0.2, 0.25) is 0 Å². The van der Waals surface area contributed by atoms with E-state index in [2.05, 4.69) is 39.2 Å². The van der Waals surface area contributed by atoms with Gasteiger partial charge in [-0.1, -0.05) is 37.3 Å². The molecule has 0 saturated carbocycles. The Morgan fingerprint density at radius 1 is 1.29 bits per heavy atom. The quantitative estimate of drug-likeness (QED) is 0.820. The van der Waals surface area contributed by atoms with Crippen LogP contribution in [0.15, 0.2) is 43.0 Å². The number of carbonyl (C=O) groups is 1. The Bertz CT molecular complexity index is 626. The van der Waals surface area contributed by atoms with E-state index < -0.39 is 0 Å². The van der Waals surface area contributed by atoms with Crippen LogP contribution in [-0.2, 0) is 17.8 Å². The third-order valence-corrected chi connectivity index (χ3v) is 4.87. The second-order valence-electron chi connectivity index (χ2n) is 6.72. The van der Waals surface area contributed by atoms with Gasteiger partial charge in [0.25, 0.3) is 0 Å². The number of hydrogen-bond acceptors (Lipinski definition) is 3. The molecule has 1 amide bonds. The number of nitrogens with zero attached hydrogens (tertiary/aromatic N) is 4. The van der Waals surface area contributed by atoms with Crippen LogP contribution in [0.5, 0.6) is 0 Å². The molecule has 0 aliphatic carbocycles. The Kier molecular flexibility index (Phi) is 5.62. The van der Waals surface area contributed by atoms with Crippen molar-refractivity contribution >= 4 is 5.91 Å². The van der Waals surface area contributed by atoms with Crippen molar-refractivity contribution in [3.8, 4) is 0 Å². The summed E-state index contributed by atoms with van der Waals surface area (Å²) in [5.74, 6) is 0.187. The summed E-state index contributed by atoms with van der Waals surface area (Å²) in [5.41, 5.74) is 1.35. The number of benzene rings is 1. The Labute approximate surface area is 143 Å². The summed E-state index contributed by atoms with van der Waals surface area (Å²) in [7, 11) is 0. The van der Waals surface area contributed by atoms with E-state index in [0.717, 1.165) is 32.2 Å². The molecule has 1 aliphatic rings. The first-order valence-corrected chi connectivity index (χ1v) is 8.91. The van der Waals surface area contributed by atoms with Gasteiger partial charge >= 0.3 is 0 Å². The molecule has 2 heterocycles. The summed E-state index contributed by atoms with van der Waals surface area (Å²) in [5, 5.41) is 4.11. The normalized spacial score (nSPS) is 19.2. The van der Waals surface area contributed by atoms with Gasteiger partial charge in [0, 0.05) is 12.6 Å². The smallest absolute Gasteiger partial charge is 0.227 e. The monoisotopic (exact) mass is 326 g/mol. The largest absolute Gasteiger partial charge is 0.339 e. The van der Waals surface area contributed by atoms with Crippen LogP contribution in [0.3, 0.4) is 0 Å². The summed E-state index contributed by atoms with van der Waals surface area (Å²) in [6.45, 7) is 3.48. The van der Waals surface area contributed by atoms with Gasteiger partial charge in [-0.25, -0.2) is 4.98 Å². The van der Waals surface area contributed by atoms with Crippen molar-refractivity contribution in [1.29, 1.82) is 0 Å². The summed E-state index contributed by atoms with van der Waals surface area (Å²) < 4.78 is 1.74. The summed E-state index contributed by atoms with van der Waals surface area (Å²) in [6, 6.07) is 10.9. The van der Waals surface area contributed by atoms with Gasteiger partial charge < -0.3 is 4.90 Å². The first-order chi connectivity index (χ1) is 11.7. The average molecular weight is 326 g/mol. The third kappa shape index (κ3) is 4.22. The maximum Gasteiger partial charge on any atom is 0.227 e. The lowest BCUT2D eigenvalue weighted by Gasteiger charge is -2.37. The summed E-state index contributed by atoms with van der Waals surface area (Å²) in [4.78, 5) is 19.0. The molecule has 1 fully saturated rings. The van der Waals surface area contributed by atoms with Crippen LogP contribution in [0.1, 0.15) is 38.2 Å². The Hall–Kier alpha value is -2.17. The molecule has 1 aliphatic heterocycles. The zero-order valence-electron chi connectivity index (χ0n) is 14.3. The molecule has 5 heteroatoms. The molecule has 24 heavy (non-hydrogen) atoms. The molecular formula is C19H26N4O. The highest BCUT2D eigenvalue weighted by Gasteiger charge is 2.29. The lowest BCUT2D eigenvalue weighted by atomic mass is 9.94. The van der Waals surface area contributed by atoms with E-state index in [1.807, 2.05) is 13.0 Å². The van der Waals surface area contributed by atoms with Gasteiger partial charge in [0.2, 0.25) is 5.91 Å². The molecule has 3 rings (SSSR count). The molecule has 2 unspecified atom stereocenters. The van der Waals surface area contributed by atoms with E-state index in [-0.39, 0.29) is 11.8 Å². The van der Waals surface area contributed by atoms with Gasteiger partial charge in [0.1, 0.15) is 12.7 Å². The Balaban J connectivity index is 1.59. The van der Waals surface area contributed by atoms with Gasteiger partial charge in [-0.3, -0.25) is 9.48 Å². The van der Waals surface area contributed by atoms with Gasteiger partial charge in [-0.2, -0.15) is 5.10 Å². The lowest BCUT2D eigenvalue weighted by Crippen LogP contribution is -2.46. The van der Waals surface area contributed by atoms with Crippen LogP contribution in [0.4, 0.5) is 0 Å². The molecule has 0 spiro atoms. The number of rotatable bonds is 6. The fourth-order valence-corrected chi connectivity index (χ4v) is 3.54. The number of aromatic nitrogens is 3. The molecular weight excluding hydrogens is 300 g/mol. The van der Waals surface area contributed by atoms with Gasteiger partial charge in [-0.05, 0) is 37.7 Å². The van der Waals surface area contributed by atoms with Gasteiger partial charge in [0.15, 0.2) is 0 Å². The number of aryl methyl sites for hydroxylation is 1. The molecule has 0 bridgehead atoms. The topological polar surface area (TPSA) is 51.0 Å². The predicted octanol–water partition coefficient (Wildman–Crippen LogP) is 2.93. The highest BCUT2D eigenvalue weighted by Crippen LogP contribution is 2.23. The molecule has 128 valence electrons. The van der Waals surface area contributed by atoms with E-state index in [9.17, 15) is 4.79 Å². The SMILES string of the molecule is CC(Cn1cncn1)C(=O)N1CCCCC1CCc1ccccc1. The molecule has 5 nitrogen and oxygen atoms in total. The van der Waals surface area contributed by atoms with Crippen LogP contribution in [0.25, 0.3) is 0 Å². The second kappa shape index (κ2) is 8.08. The van der Waals surface area contributed by atoms with Crippen molar-refractivity contribution in [3.05, 3.63) is 48.5 Å². The van der Waals surface area contributed by atoms with Crippen molar-refractivity contribution in [2.75, 3.05) is 6.54 Å². The number of hydrogen-bond donors (Lipinski definition) is 0. The molecule has 1 saturated heterocycles. The lowest BCUT2D eigenvalue weighted by molar-refractivity contribution is -0.139. The van der Waals surface area contributed by atoms with Crippen LogP contribution in [0, 0.1) is 5.92 Å². The zero-order valence-corrected chi connectivity index (χ0v) is 14.3. The highest BCUT2D eigenvalue weighted by atomic mass is 16.2. The fourth-order valence-electron chi connectivity index (χ4n) is 3.54. The average Bonchev–Trinajstić information content (AvgIpc) is 3.13. The molecule has 0 N–H and O–H groups in total. The number of carbonyl (C=O) groups excluding carboxylic acids is 1. The highest BCUT2D eigenvalue weighted by molar-refractivity contribution is 5.78. The van der Waals surface area contributed by atoms with Crippen molar-refractivity contribution in [1.82, 2.24) is 19.7 Å². The van der Waals surface area contributed by atoms with Crippen LogP contribution < -0.4 is 0 Å². The Morgan fingerprint density at radius 3 is 2.88 bits per heavy atom. The van der Waals surface area contributed by atoms with E-state index in [4.69, 9.17) is 0 Å². The van der Waals surface area contributed by atoms with E-state index >= 15 is 0 Å². The Morgan fingerprint density at radius 2 is 2.12 bits per heavy atom. The predicted molar refractivity (Wildman–Crippen MR) is 93.3 cm³/mol. The van der Waals surface area contributed by atoms with E-state index in [1.54, 1.807) is 11.0 Å². The van der Waals surface area contributed by atoms with E-state index in [0.29, 0.717) is 12.6 Å².